The zero-order valence-electron chi connectivity index (χ0n) is 14.5. The van der Waals surface area contributed by atoms with Crippen molar-refractivity contribution in [2.24, 2.45) is 0 Å². The van der Waals surface area contributed by atoms with Gasteiger partial charge in [-0.05, 0) is 41.3 Å². The van der Waals surface area contributed by atoms with Crippen molar-refractivity contribution in [3.63, 3.8) is 0 Å². The predicted molar refractivity (Wildman–Crippen MR) is 92.1 cm³/mol. The molecular formula is C20H21FO6. The second-order valence-electron chi connectivity index (χ2n) is 7.02. The van der Waals surface area contributed by atoms with Crippen LogP contribution in [0.15, 0.2) is 42.5 Å². The summed E-state index contributed by atoms with van der Waals surface area (Å²) in [5, 5.41) is 40.3. The van der Waals surface area contributed by atoms with Crippen LogP contribution in [-0.4, -0.2) is 51.4 Å². The van der Waals surface area contributed by atoms with E-state index < -0.39 is 36.8 Å². The normalized spacial score (nSPS) is 32.6. The lowest BCUT2D eigenvalue weighted by Crippen LogP contribution is -2.63. The lowest BCUT2D eigenvalue weighted by atomic mass is 9.86. The summed E-state index contributed by atoms with van der Waals surface area (Å²) in [5.74, 6) is -1.96. The number of benzene rings is 2. The summed E-state index contributed by atoms with van der Waals surface area (Å²) in [6.45, 7) is -0.356. The Balaban J connectivity index is 1.69. The minimum atomic E-state index is -1.65. The third-order valence-corrected chi connectivity index (χ3v) is 5.26. The van der Waals surface area contributed by atoms with Crippen molar-refractivity contribution in [3.8, 4) is 0 Å². The van der Waals surface area contributed by atoms with E-state index >= 15 is 0 Å². The smallest absolute Gasteiger partial charge is 0.225 e. The molecule has 4 rings (SSSR count). The summed E-state index contributed by atoms with van der Waals surface area (Å²) in [7, 11) is 0. The van der Waals surface area contributed by atoms with Crippen LogP contribution in [0.4, 0.5) is 4.39 Å². The van der Waals surface area contributed by atoms with Crippen LogP contribution in [-0.2, 0) is 28.3 Å². The van der Waals surface area contributed by atoms with E-state index in [0.29, 0.717) is 12.0 Å². The minimum absolute atomic E-state index is 0.171. The van der Waals surface area contributed by atoms with Crippen LogP contribution in [0, 0.1) is 5.82 Å². The van der Waals surface area contributed by atoms with Gasteiger partial charge in [0.1, 0.15) is 30.2 Å². The zero-order valence-corrected chi connectivity index (χ0v) is 14.5. The van der Waals surface area contributed by atoms with Crippen molar-refractivity contribution < 1.29 is 34.3 Å². The summed E-state index contributed by atoms with van der Waals surface area (Å²) in [6.07, 6.45) is -5.02. The molecule has 6 nitrogen and oxygen atoms in total. The highest BCUT2D eigenvalue weighted by atomic mass is 19.1. The first kappa shape index (κ1) is 18.5. The topological polar surface area (TPSA) is 99.4 Å². The third kappa shape index (κ3) is 3.06. The summed E-state index contributed by atoms with van der Waals surface area (Å²) in [4.78, 5) is 0. The van der Waals surface area contributed by atoms with Gasteiger partial charge in [-0.15, -0.1) is 0 Å². The number of aliphatic hydroxyl groups excluding tert-OH is 4. The first-order valence-electron chi connectivity index (χ1n) is 8.78. The average Bonchev–Trinajstić information content (AvgIpc) is 3.04. The number of halogens is 1. The van der Waals surface area contributed by atoms with Crippen molar-refractivity contribution in [2.45, 2.75) is 43.2 Å². The Bertz CT molecular complexity index is 824. The molecule has 5 atom stereocenters. The van der Waals surface area contributed by atoms with Crippen molar-refractivity contribution in [2.75, 3.05) is 6.61 Å². The van der Waals surface area contributed by atoms with Crippen molar-refractivity contribution in [1.29, 1.82) is 0 Å². The zero-order chi connectivity index (χ0) is 19.2. The Hall–Kier alpha value is -1.87. The average molecular weight is 376 g/mol. The van der Waals surface area contributed by atoms with Gasteiger partial charge in [0.05, 0.1) is 13.2 Å². The number of hydrogen-bond acceptors (Lipinski definition) is 6. The van der Waals surface area contributed by atoms with Gasteiger partial charge in [0, 0.05) is 5.56 Å². The van der Waals surface area contributed by atoms with Gasteiger partial charge >= 0.3 is 0 Å². The maximum Gasteiger partial charge on any atom is 0.225 e. The second-order valence-corrected chi connectivity index (χ2v) is 7.02. The van der Waals surface area contributed by atoms with E-state index in [4.69, 9.17) is 9.47 Å². The van der Waals surface area contributed by atoms with E-state index in [-0.39, 0.29) is 12.4 Å². The molecule has 2 aromatic rings. The fraction of sp³-hybridized carbons (Fsp3) is 0.400. The van der Waals surface area contributed by atoms with Crippen LogP contribution in [0.2, 0.25) is 0 Å². The monoisotopic (exact) mass is 376 g/mol. The number of rotatable bonds is 3. The first-order chi connectivity index (χ1) is 12.9. The van der Waals surface area contributed by atoms with Crippen LogP contribution < -0.4 is 0 Å². The van der Waals surface area contributed by atoms with Gasteiger partial charge in [-0.3, -0.25) is 0 Å². The van der Waals surface area contributed by atoms with Gasteiger partial charge in [-0.2, -0.15) is 0 Å². The maximum absolute atomic E-state index is 13.1. The molecule has 2 aliphatic heterocycles. The molecule has 0 radical (unpaired) electrons. The molecule has 7 heteroatoms. The van der Waals surface area contributed by atoms with Gasteiger partial charge in [0.25, 0.3) is 0 Å². The van der Waals surface area contributed by atoms with Gasteiger partial charge in [-0.1, -0.05) is 24.3 Å². The summed E-state index contributed by atoms with van der Waals surface area (Å²) >= 11 is 0. The number of fused-ring (bicyclic) bond motifs is 2. The molecule has 0 unspecified atom stereocenters. The molecule has 0 aromatic heterocycles. The molecule has 2 aromatic carbocycles. The van der Waals surface area contributed by atoms with E-state index in [1.807, 2.05) is 18.2 Å². The summed E-state index contributed by atoms with van der Waals surface area (Å²) in [5.41, 5.74) is 3.15. The Morgan fingerprint density at radius 3 is 2.41 bits per heavy atom. The molecule has 1 saturated heterocycles. The van der Waals surface area contributed by atoms with Crippen LogP contribution in [0.5, 0.6) is 0 Å². The summed E-state index contributed by atoms with van der Waals surface area (Å²) in [6, 6.07) is 11.8. The lowest BCUT2D eigenvalue weighted by Gasteiger charge is -2.46. The molecule has 0 amide bonds. The van der Waals surface area contributed by atoms with E-state index in [1.54, 1.807) is 12.1 Å². The highest BCUT2D eigenvalue weighted by Crippen LogP contribution is 2.46. The fourth-order valence-corrected chi connectivity index (χ4v) is 3.77. The molecule has 4 N–H and O–H groups in total. The minimum Gasteiger partial charge on any atom is -0.394 e. The van der Waals surface area contributed by atoms with Crippen LogP contribution in [0.1, 0.15) is 22.3 Å². The number of ether oxygens (including phenoxy) is 2. The van der Waals surface area contributed by atoms with E-state index in [9.17, 15) is 24.8 Å². The van der Waals surface area contributed by atoms with Crippen LogP contribution >= 0.6 is 0 Å². The molecular weight excluding hydrogens is 355 g/mol. The number of aliphatic hydroxyl groups is 4. The molecule has 0 aliphatic carbocycles. The Morgan fingerprint density at radius 1 is 1.00 bits per heavy atom. The maximum atomic E-state index is 13.1. The van der Waals surface area contributed by atoms with Gasteiger partial charge in [0.15, 0.2) is 0 Å². The standard InChI is InChI=1S/C20H21FO6/c21-14-5-2-11(3-6-14)7-12-1-4-13-10-26-20(15(13)8-12)19(25)18(24)17(23)16(9-22)27-20/h1-6,8,16-19,22-25H,7,9-10H2/t16-,17-,18+,19-,20+/m1/s1. The largest absolute Gasteiger partial charge is 0.394 e. The van der Waals surface area contributed by atoms with Crippen molar-refractivity contribution in [1.82, 2.24) is 0 Å². The predicted octanol–water partition coefficient (Wildman–Crippen LogP) is 0.573. The SMILES string of the molecule is OC[C@H]1O[C@]2(OCc3ccc(Cc4ccc(F)cc4)cc32)[C@H](O)[C@@H](O)[C@@H]1O. The van der Waals surface area contributed by atoms with E-state index in [1.165, 1.54) is 12.1 Å². The molecule has 2 heterocycles. The molecule has 144 valence electrons. The van der Waals surface area contributed by atoms with Gasteiger partial charge in [-0.25, -0.2) is 4.39 Å². The molecule has 0 saturated carbocycles. The molecule has 2 aliphatic rings. The molecule has 0 bridgehead atoms. The van der Waals surface area contributed by atoms with Gasteiger partial charge < -0.3 is 29.9 Å². The molecule has 27 heavy (non-hydrogen) atoms. The Morgan fingerprint density at radius 2 is 1.70 bits per heavy atom. The molecule has 1 spiro atoms. The van der Waals surface area contributed by atoms with E-state index in [0.717, 1.165) is 16.7 Å². The van der Waals surface area contributed by atoms with E-state index in [2.05, 4.69) is 0 Å². The third-order valence-electron chi connectivity index (χ3n) is 5.26. The first-order valence-corrected chi connectivity index (χ1v) is 8.78. The van der Waals surface area contributed by atoms with Crippen LogP contribution in [0.25, 0.3) is 0 Å². The van der Waals surface area contributed by atoms with Crippen molar-refractivity contribution >= 4 is 0 Å². The lowest BCUT2D eigenvalue weighted by molar-refractivity contribution is -0.368. The number of hydrogen-bond donors (Lipinski definition) is 4. The molecule has 1 fully saturated rings. The fourth-order valence-electron chi connectivity index (χ4n) is 3.77. The quantitative estimate of drug-likeness (QED) is 0.625. The highest BCUT2D eigenvalue weighted by Gasteiger charge is 2.58. The Kier molecular flexibility index (Phi) is 4.75. The van der Waals surface area contributed by atoms with Crippen LogP contribution in [0.3, 0.4) is 0 Å². The highest BCUT2D eigenvalue weighted by molar-refractivity contribution is 5.41. The summed E-state index contributed by atoms with van der Waals surface area (Å²) < 4.78 is 24.6. The van der Waals surface area contributed by atoms with Gasteiger partial charge in [0.2, 0.25) is 5.79 Å². The second kappa shape index (κ2) is 6.94. The van der Waals surface area contributed by atoms with Crippen molar-refractivity contribution in [3.05, 3.63) is 70.5 Å². The Labute approximate surface area is 155 Å².